The maximum absolute atomic E-state index is 11.2. The monoisotopic (exact) mass is 247 g/mol. The van der Waals surface area contributed by atoms with Crippen molar-refractivity contribution in [3.05, 3.63) is 35.4 Å². The molecule has 1 aromatic carbocycles. The molecule has 18 heavy (non-hydrogen) atoms. The average molecular weight is 247 g/mol. The fourth-order valence-corrected chi connectivity index (χ4v) is 2.47. The van der Waals surface area contributed by atoms with Gasteiger partial charge in [0.15, 0.2) is 5.78 Å². The van der Waals surface area contributed by atoms with E-state index in [0.29, 0.717) is 5.56 Å². The summed E-state index contributed by atoms with van der Waals surface area (Å²) >= 11 is 0. The van der Waals surface area contributed by atoms with E-state index in [-0.39, 0.29) is 11.7 Å². The molecule has 1 aliphatic heterocycles. The third-order valence-corrected chi connectivity index (χ3v) is 3.47. The molecule has 1 fully saturated rings. The number of rotatable bonds is 3. The highest BCUT2D eigenvalue weighted by molar-refractivity contribution is 5.94. The molecule has 1 aliphatic rings. The van der Waals surface area contributed by atoms with Gasteiger partial charge in [0, 0.05) is 11.5 Å². The molecule has 0 spiro atoms. The van der Waals surface area contributed by atoms with Crippen LogP contribution in [0.4, 0.5) is 0 Å². The van der Waals surface area contributed by atoms with E-state index in [1.165, 1.54) is 6.92 Å². The number of aliphatic carboxylic acids is 1. The number of ketones is 1. The smallest absolute Gasteiger partial charge is 0.321 e. The highest BCUT2D eigenvalue weighted by Gasteiger charge is 2.31. The van der Waals surface area contributed by atoms with E-state index in [9.17, 15) is 14.7 Å². The SMILES string of the molecule is CC(=O)c1ccc(C2CCCNC2C(=O)O)cc1. The van der Waals surface area contributed by atoms with Crippen LogP contribution in [0.5, 0.6) is 0 Å². The molecule has 1 heterocycles. The van der Waals surface area contributed by atoms with Crippen molar-refractivity contribution in [1.82, 2.24) is 5.32 Å². The highest BCUT2D eigenvalue weighted by Crippen LogP contribution is 2.28. The summed E-state index contributed by atoms with van der Waals surface area (Å²) in [6.07, 6.45) is 1.84. The number of Topliss-reactive ketones (excluding diaryl/α,β-unsaturated/α-hetero) is 1. The van der Waals surface area contributed by atoms with Crippen LogP contribution < -0.4 is 5.32 Å². The maximum Gasteiger partial charge on any atom is 0.321 e. The van der Waals surface area contributed by atoms with Gasteiger partial charge in [-0.3, -0.25) is 9.59 Å². The Kier molecular flexibility index (Phi) is 3.77. The fraction of sp³-hybridized carbons (Fsp3) is 0.429. The van der Waals surface area contributed by atoms with Crippen LogP contribution in [0.3, 0.4) is 0 Å². The molecule has 0 aromatic heterocycles. The first-order valence-electron chi connectivity index (χ1n) is 6.16. The third-order valence-electron chi connectivity index (χ3n) is 3.47. The molecule has 1 aromatic rings. The summed E-state index contributed by atoms with van der Waals surface area (Å²) in [6, 6.07) is 6.74. The van der Waals surface area contributed by atoms with E-state index in [1.54, 1.807) is 12.1 Å². The van der Waals surface area contributed by atoms with Crippen molar-refractivity contribution in [3.63, 3.8) is 0 Å². The summed E-state index contributed by atoms with van der Waals surface area (Å²) in [7, 11) is 0. The molecule has 4 heteroatoms. The lowest BCUT2D eigenvalue weighted by molar-refractivity contribution is -0.140. The topological polar surface area (TPSA) is 66.4 Å². The second-order valence-corrected chi connectivity index (χ2v) is 4.70. The predicted octanol–water partition coefficient (Wildman–Crippen LogP) is 1.81. The van der Waals surface area contributed by atoms with E-state index >= 15 is 0 Å². The van der Waals surface area contributed by atoms with E-state index in [4.69, 9.17) is 0 Å². The summed E-state index contributed by atoms with van der Waals surface area (Å²) < 4.78 is 0. The van der Waals surface area contributed by atoms with E-state index in [1.807, 2.05) is 12.1 Å². The lowest BCUT2D eigenvalue weighted by Crippen LogP contribution is -2.45. The Balaban J connectivity index is 2.23. The van der Waals surface area contributed by atoms with Crippen molar-refractivity contribution in [3.8, 4) is 0 Å². The largest absolute Gasteiger partial charge is 0.480 e. The number of carbonyl (C=O) groups excluding carboxylic acids is 1. The molecule has 0 amide bonds. The molecule has 2 N–H and O–H groups in total. The van der Waals surface area contributed by atoms with Gasteiger partial charge in [0.25, 0.3) is 0 Å². The van der Waals surface area contributed by atoms with E-state index < -0.39 is 12.0 Å². The van der Waals surface area contributed by atoms with Gasteiger partial charge < -0.3 is 10.4 Å². The van der Waals surface area contributed by atoms with Crippen molar-refractivity contribution in [2.75, 3.05) is 6.54 Å². The number of hydrogen-bond acceptors (Lipinski definition) is 3. The lowest BCUT2D eigenvalue weighted by atomic mass is 9.84. The van der Waals surface area contributed by atoms with Gasteiger partial charge in [0.05, 0.1) is 0 Å². The van der Waals surface area contributed by atoms with Gasteiger partial charge in [0.1, 0.15) is 6.04 Å². The standard InChI is InChI=1S/C14H17NO3/c1-9(16)10-4-6-11(7-5-10)12-3-2-8-15-13(12)14(17)18/h4-7,12-13,15H,2-3,8H2,1H3,(H,17,18). The Bertz CT molecular complexity index is 453. The minimum atomic E-state index is -0.810. The normalized spacial score (nSPS) is 23.6. The molecule has 0 bridgehead atoms. The molecule has 0 saturated carbocycles. The first-order valence-corrected chi connectivity index (χ1v) is 6.16. The number of carboxylic acid groups (broad SMARTS) is 1. The summed E-state index contributed by atoms with van der Waals surface area (Å²) in [6.45, 7) is 2.27. The first kappa shape index (κ1) is 12.8. The van der Waals surface area contributed by atoms with Crippen molar-refractivity contribution in [2.24, 2.45) is 0 Å². The van der Waals surface area contributed by atoms with Gasteiger partial charge >= 0.3 is 5.97 Å². The average Bonchev–Trinajstić information content (AvgIpc) is 2.39. The quantitative estimate of drug-likeness (QED) is 0.799. The van der Waals surface area contributed by atoms with Crippen molar-refractivity contribution >= 4 is 11.8 Å². The second-order valence-electron chi connectivity index (χ2n) is 4.70. The number of hydrogen-bond donors (Lipinski definition) is 2. The maximum atomic E-state index is 11.2. The molecular weight excluding hydrogens is 230 g/mol. The summed E-state index contributed by atoms with van der Waals surface area (Å²) in [5.74, 6) is -0.800. The fourth-order valence-electron chi connectivity index (χ4n) is 2.47. The van der Waals surface area contributed by atoms with Gasteiger partial charge in [0.2, 0.25) is 0 Å². The molecule has 4 nitrogen and oxygen atoms in total. The summed E-state index contributed by atoms with van der Waals surface area (Å²) in [5.41, 5.74) is 1.65. The van der Waals surface area contributed by atoms with Gasteiger partial charge in [-0.15, -0.1) is 0 Å². The van der Waals surface area contributed by atoms with Crippen molar-refractivity contribution in [2.45, 2.75) is 31.7 Å². The van der Waals surface area contributed by atoms with Gasteiger partial charge in [-0.1, -0.05) is 24.3 Å². The summed E-state index contributed by atoms with van der Waals surface area (Å²) in [4.78, 5) is 22.4. The zero-order valence-corrected chi connectivity index (χ0v) is 10.3. The minimum Gasteiger partial charge on any atom is -0.480 e. The van der Waals surface area contributed by atoms with Gasteiger partial charge in [-0.25, -0.2) is 0 Å². The molecule has 0 radical (unpaired) electrons. The van der Waals surface area contributed by atoms with E-state index in [0.717, 1.165) is 24.9 Å². The highest BCUT2D eigenvalue weighted by atomic mass is 16.4. The van der Waals surface area contributed by atoms with Crippen LogP contribution in [0.2, 0.25) is 0 Å². The summed E-state index contributed by atoms with van der Waals surface area (Å²) in [5, 5.41) is 12.2. The Morgan fingerprint density at radius 2 is 1.94 bits per heavy atom. The Labute approximate surface area is 106 Å². The third kappa shape index (κ3) is 2.59. The second kappa shape index (κ2) is 5.31. The molecule has 2 rings (SSSR count). The molecule has 2 atom stereocenters. The number of nitrogens with one attached hydrogen (secondary N) is 1. The van der Waals surface area contributed by atoms with Crippen LogP contribution in [0.1, 0.15) is 41.6 Å². The molecule has 96 valence electrons. The molecule has 1 saturated heterocycles. The Morgan fingerprint density at radius 3 is 2.50 bits per heavy atom. The van der Waals surface area contributed by atoms with E-state index in [2.05, 4.69) is 5.32 Å². The van der Waals surface area contributed by atoms with Crippen LogP contribution in [-0.2, 0) is 4.79 Å². The predicted molar refractivity (Wildman–Crippen MR) is 67.8 cm³/mol. The number of piperidine rings is 1. The number of benzene rings is 1. The zero-order valence-electron chi connectivity index (χ0n) is 10.3. The first-order chi connectivity index (χ1) is 8.59. The molecular formula is C14H17NO3. The van der Waals surface area contributed by atoms with Gasteiger partial charge in [-0.05, 0) is 31.9 Å². The Morgan fingerprint density at radius 1 is 1.28 bits per heavy atom. The van der Waals surface area contributed by atoms with Crippen molar-refractivity contribution in [1.29, 1.82) is 0 Å². The lowest BCUT2D eigenvalue weighted by Gasteiger charge is -2.30. The van der Waals surface area contributed by atoms with Crippen LogP contribution in [0, 0.1) is 0 Å². The van der Waals surface area contributed by atoms with Crippen LogP contribution in [-0.4, -0.2) is 29.4 Å². The van der Waals surface area contributed by atoms with Crippen LogP contribution >= 0.6 is 0 Å². The van der Waals surface area contributed by atoms with Crippen molar-refractivity contribution < 1.29 is 14.7 Å². The molecule has 0 aliphatic carbocycles. The molecule has 2 unspecified atom stereocenters. The zero-order chi connectivity index (χ0) is 13.1. The van der Waals surface area contributed by atoms with Gasteiger partial charge in [-0.2, -0.15) is 0 Å². The number of carboxylic acids is 1. The van der Waals surface area contributed by atoms with Crippen LogP contribution in [0.15, 0.2) is 24.3 Å². The number of carbonyl (C=O) groups is 2. The Hall–Kier alpha value is -1.68. The minimum absolute atomic E-state index is 0.0164. The van der Waals surface area contributed by atoms with Crippen LogP contribution in [0.25, 0.3) is 0 Å².